The molecule has 0 unspecified atom stereocenters. The van der Waals surface area contributed by atoms with Gasteiger partial charge in [-0.3, -0.25) is 0 Å². The summed E-state index contributed by atoms with van der Waals surface area (Å²) < 4.78 is 10.6. The van der Waals surface area contributed by atoms with E-state index in [1.54, 1.807) is 14.2 Å². The van der Waals surface area contributed by atoms with Gasteiger partial charge in [-0.2, -0.15) is 0 Å². The van der Waals surface area contributed by atoms with Gasteiger partial charge in [0.1, 0.15) is 0 Å². The molecule has 3 nitrogen and oxygen atoms in total. The van der Waals surface area contributed by atoms with Gasteiger partial charge >= 0.3 is 0 Å². The Morgan fingerprint density at radius 3 is 2.12 bits per heavy atom. The van der Waals surface area contributed by atoms with Crippen LogP contribution in [0.2, 0.25) is 0 Å². The van der Waals surface area contributed by atoms with E-state index in [9.17, 15) is 5.11 Å². The van der Waals surface area contributed by atoms with E-state index in [4.69, 9.17) is 9.47 Å². The van der Waals surface area contributed by atoms with Crippen molar-refractivity contribution < 1.29 is 14.6 Å². The molecule has 120 valence electrons. The molecule has 0 aliphatic heterocycles. The van der Waals surface area contributed by atoms with Crippen molar-refractivity contribution in [1.82, 2.24) is 0 Å². The number of hydrogen-bond donors (Lipinski definition) is 1. The minimum Gasteiger partial charge on any atom is -0.502 e. The molecule has 1 aliphatic rings. The summed E-state index contributed by atoms with van der Waals surface area (Å²) in [6.07, 6.45) is 0.910. The van der Waals surface area contributed by atoms with Crippen molar-refractivity contribution in [2.45, 2.75) is 6.42 Å². The van der Waals surface area contributed by atoms with E-state index in [1.165, 1.54) is 22.3 Å². The largest absolute Gasteiger partial charge is 0.502 e. The van der Waals surface area contributed by atoms with Gasteiger partial charge < -0.3 is 14.6 Å². The van der Waals surface area contributed by atoms with Crippen molar-refractivity contribution >= 4 is 0 Å². The molecule has 0 aromatic heterocycles. The van der Waals surface area contributed by atoms with Crippen LogP contribution in [0.15, 0.2) is 54.6 Å². The van der Waals surface area contributed by atoms with Crippen molar-refractivity contribution in [2.24, 2.45) is 0 Å². The Balaban J connectivity index is 1.91. The number of methoxy groups -OCH3 is 2. The van der Waals surface area contributed by atoms with Crippen LogP contribution in [0, 0.1) is 0 Å². The van der Waals surface area contributed by atoms with Gasteiger partial charge in [-0.25, -0.2) is 0 Å². The van der Waals surface area contributed by atoms with E-state index < -0.39 is 0 Å². The van der Waals surface area contributed by atoms with E-state index in [0.29, 0.717) is 11.5 Å². The minimum atomic E-state index is 0.0274. The van der Waals surface area contributed by atoms with Gasteiger partial charge in [0.25, 0.3) is 0 Å². The predicted octanol–water partition coefficient (Wildman–Crippen LogP) is 4.65. The van der Waals surface area contributed by atoms with Crippen molar-refractivity contribution in [2.75, 3.05) is 14.2 Å². The molecule has 1 aliphatic carbocycles. The summed E-state index contributed by atoms with van der Waals surface area (Å²) in [5.41, 5.74) is 7.33. The number of phenols is 1. The lowest BCUT2D eigenvalue weighted by Gasteiger charge is -2.14. The van der Waals surface area contributed by atoms with Crippen molar-refractivity contribution in [3.8, 4) is 39.5 Å². The van der Waals surface area contributed by atoms with Crippen LogP contribution in [0.1, 0.15) is 11.1 Å². The Morgan fingerprint density at radius 2 is 1.42 bits per heavy atom. The number of phenolic OH excluding ortho intramolecular Hbond substituents is 1. The summed E-state index contributed by atoms with van der Waals surface area (Å²) >= 11 is 0. The second-order valence-electron chi connectivity index (χ2n) is 5.89. The van der Waals surface area contributed by atoms with Crippen LogP contribution in [-0.2, 0) is 6.42 Å². The highest BCUT2D eigenvalue weighted by Crippen LogP contribution is 2.45. The smallest absolute Gasteiger partial charge is 0.200 e. The Hall–Kier alpha value is -2.94. The Bertz CT molecular complexity index is 903. The third-order valence-electron chi connectivity index (χ3n) is 4.64. The van der Waals surface area contributed by atoms with Crippen LogP contribution in [0.25, 0.3) is 22.3 Å². The van der Waals surface area contributed by atoms with E-state index in [1.807, 2.05) is 12.1 Å². The molecule has 0 saturated heterocycles. The SMILES string of the molecule is COc1cc(-c2cccc3c2Cc2ccccc2-3)cc(OC)c1O. The molecule has 3 aromatic rings. The molecule has 4 rings (SSSR count). The van der Waals surface area contributed by atoms with Crippen molar-refractivity contribution in [1.29, 1.82) is 0 Å². The second-order valence-corrected chi connectivity index (χ2v) is 5.89. The number of hydrogen-bond acceptors (Lipinski definition) is 3. The van der Waals surface area contributed by atoms with E-state index in [-0.39, 0.29) is 5.75 Å². The minimum absolute atomic E-state index is 0.0274. The zero-order valence-corrected chi connectivity index (χ0v) is 13.7. The molecular weight excluding hydrogens is 300 g/mol. The first-order valence-electron chi connectivity index (χ1n) is 7.88. The molecule has 0 spiro atoms. The number of ether oxygens (including phenoxy) is 2. The molecule has 24 heavy (non-hydrogen) atoms. The monoisotopic (exact) mass is 318 g/mol. The number of fused-ring (bicyclic) bond motifs is 3. The fourth-order valence-corrected chi connectivity index (χ4v) is 3.48. The lowest BCUT2D eigenvalue weighted by Crippen LogP contribution is -1.93. The van der Waals surface area contributed by atoms with Gasteiger partial charge in [0.15, 0.2) is 11.5 Å². The second kappa shape index (κ2) is 5.60. The quantitative estimate of drug-likeness (QED) is 0.598. The normalized spacial score (nSPS) is 11.8. The highest BCUT2D eigenvalue weighted by molar-refractivity contribution is 5.85. The van der Waals surface area contributed by atoms with E-state index in [0.717, 1.165) is 17.5 Å². The molecule has 0 bridgehead atoms. The fourth-order valence-electron chi connectivity index (χ4n) is 3.48. The van der Waals surface area contributed by atoms with Crippen LogP contribution in [0.5, 0.6) is 17.2 Å². The van der Waals surface area contributed by atoms with Gasteiger partial charge in [-0.05, 0) is 51.9 Å². The average molecular weight is 318 g/mol. The van der Waals surface area contributed by atoms with Crippen LogP contribution in [0.3, 0.4) is 0 Å². The first-order chi connectivity index (χ1) is 11.7. The van der Waals surface area contributed by atoms with Crippen LogP contribution in [-0.4, -0.2) is 19.3 Å². The number of benzene rings is 3. The zero-order chi connectivity index (χ0) is 16.7. The topological polar surface area (TPSA) is 38.7 Å². The molecular formula is C21H18O3. The lowest BCUT2D eigenvalue weighted by molar-refractivity contribution is 0.340. The van der Waals surface area contributed by atoms with Gasteiger partial charge in [-0.1, -0.05) is 42.5 Å². The Labute approximate surface area is 141 Å². The Morgan fingerprint density at radius 1 is 0.792 bits per heavy atom. The van der Waals surface area contributed by atoms with Crippen LogP contribution in [0.4, 0.5) is 0 Å². The zero-order valence-electron chi connectivity index (χ0n) is 13.7. The summed E-state index contributed by atoms with van der Waals surface area (Å²) in [7, 11) is 3.09. The molecule has 3 aromatic carbocycles. The molecule has 0 atom stereocenters. The van der Waals surface area contributed by atoms with E-state index >= 15 is 0 Å². The molecule has 0 fully saturated rings. The molecule has 0 heterocycles. The number of rotatable bonds is 3. The van der Waals surface area contributed by atoms with Gasteiger partial charge in [0.2, 0.25) is 5.75 Å². The third-order valence-corrected chi connectivity index (χ3v) is 4.64. The number of aromatic hydroxyl groups is 1. The first-order valence-corrected chi connectivity index (χ1v) is 7.88. The van der Waals surface area contributed by atoms with Gasteiger partial charge in [0, 0.05) is 0 Å². The predicted molar refractivity (Wildman–Crippen MR) is 94.9 cm³/mol. The molecule has 1 N–H and O–H groups in total. The first kappa shape index (κ1) is 14.6. The van der Waals surface area contributed by atoms with Crippen molar-refractivity contribution in [3.05, 3.63) is 65.7 Å². The Kier molecular flexibility index (Phi) is 3.42. The maximum absolute atomic E-state index is 10.1. The van der Waals surface area contributed by atoms with Gasteiger partial charge in [0.05, 0.1) is 14.2 Å². The summed E-state index contributed by atoms with van der Waals surface area (Å²) in [6.45, 7) is 0. The lowest BCUT2D eigenvalue weighted by atomic mass is 9.95. The van der Waals surface area contributed by atoms with Gasteiger partial charge in [-0.15, -0.1) is 0 Å². The summed E-state index contributed by atoms with van der Waals surface area (Å²) in [5, 5.41) is 10.1. The van der Waals surface area contributed by atoms with Crippen LogP contribution >= 0.6 is 0 Å². The highest BCUT2D eigenvalue weighted by atomic mass is 16.5. The summed E-state index contributed by atoms with van der Waals surface area (Å²) in [6, 6.07) is 18.6. The molecule has 0 amide bonds. The van der Waals surface area contributed by atoms with Crippen molar-refractivity contribution in [3.63, 3.8) is 0 Å². The maximum atomic E-state index is 10.1. The third kappa shape index (κ3) is 2.13. The average Bonchev–Trinajstić information content (AvgIpc) is 3.00. The maximum Gasteiger partial charge on any atom is 0.200 e. The summed E-state index contributed by atoms with van der Waals surface area (Å²) in [5.74, 6) is 0.856. The van der Waals surface area contributed by atoms with E-state index in [2.05, 4.69) is 42.5 Å². The molecule has 0 saturated carbocycles. The van der Waals surface area contributed by atoms with Crippen LogP contribution < -0.4 is 9.47 Å². The molecule has 0 radical (unpaired) electrons. The standard InChI is InChI=1S/C21H18O3/c1-23-19-11-14(12-20(24-2)21(19)22)16-8-5-9-17-15-7-4-3-6-13(15)10-18(16)17/h3-9,11-12,22H,10H2,1-2H3. The molecule has 3 heteroatoms. The fraction of sp³-hybridized carbons (Fsp3) is 0.143. The highest BCUT2D eigenvalue weighted by Gasteiger charge is 2.22. The summed E-state index contributed by atoms with van der Waals surface area (Å²) in [4.78, 5) is 0.